The third kappa shape index (κ3) is 4.20. The van der Waals surface area contributed by atoms with Gasteiger partial charge in [-0.1, -0.05) is 19.1 Å². The average molecular weight is 290 g/mol. The fraction of sp³-hybridized carbons (Fsp3) is 0.500. The maximum absolute atomic E-state index is 13.2. The van der Waals surface area contributed by atoms with Crippen LogP contribution in [0.5, 0.6) is 0 Å². The number of aliphatic hydroxyl groups excluding tert-OH is 1. The molecule has 0 fully saturated rings. The monoisotopic (exact) mass is 289 g/mol. The molecule has 1 unspecified atom stereocenters. The summed E-state index contributed by atoms with van der Waals surface area (Å²) in [5, 5.41) is 12.5. The van der Waals surface area contributed by atoms with Gasteiger partial charge in [0.2, 0.25) is 0 Å². The normalized spacial score (nSPS) is 12.8. The van der Waals surface area contributed by atoms with E-state index in [1.54, 1.807) is 6.07 Å². The third-order valence-electron chi connectivity index (χ3n) is 2.47. The zero-order valence-electron chi connectivity index (χ0n) is 9.34. The van der Waals surface area contributed by atoms with Crippen molar-refractivity contribution in [2.45, 2.75) is 32.4 Å². The standard InChI is InChI=1S/C12H17BrFNO/c1-2-10(16)6-7-15-8-9-4-3-5-11(14)12(9)13/h3-5,10,15-16H,2,6-8H2,1H3. The predicted octanol–water partition coefficient (Wildman–Crippen LogP) is 2.84. The Hall–Kier alpha value is -0.450. The molecule has 90 valence electrons. The number of rotatable bonds is 6. The summed E-state index contributed by atoms with van der Waals surface area (Å²) in [5.41, 5.74) is 0.894. The zero-order chi connectivity index (χ0) is 12.0. The summed E-state index contributed by atoms with van der Waals surface area (Å²) in [7, 11) is 0. The van der Waals surface area contributed by atoms with Crippen LogP contribution in [-0.4, -0.2) is 17.8 Å². The first kappa shape index (κ1) is 13.6. The van der Waals surface area contributed by atoms with E-state index in [4.69, 9.17) is 0 Å². The van der Waals surface area contributed by atoms with Crippen LogP contribution in [0, 0.1) is 5.82 Å². The van der Waals surface area contributed by atoms with E-state index in [0.717, 1.165) is 24.9 Å². The van der Waals surface area contributed by atoms with Gasteiger partial charge in [0, 0.05) is 6.54 Å². The van der Waals surface area contributed by atoms with Gasteiger partial charge in [-0.15, -0.1) is 0 Å². The highest BCUT2D eigenvalue weighted by atomic mass is 79.9. The van der Waals surface area contributed by atoms with E-state index in [-0.39, 0.29) is 11.9 Å². The lowest BCUT2D eigenvalue weighted by atomic mass is 10.2. The van der Waals surface area contributed by atoms with Gasteiger partial charge in [0.05, 0.1) is 10.6 Å². The highest BCUT2D eigenvalue weighted by Gasteiger charge is 2.05. The van der Waals surface area contributed by atoms with Crippen LogP contribution < -0.4 is 5.32 Å². The van der Waals surface area contributed by atoms with Crippen molar-refractivity contribution in [2.24, 2.45) is 0 Å². The van der Waals surface area contributed by atoms with Gasteiger partial charge < -0.3 is 10.4 Å². The maximum atomic E-state index is 13.2. The van der Waals surface area contributed by atoms with Gasteiger partial charge in [-0.25, -0.2) is 4.39 Å². The first-order chi connectivity index (χ1) is 7.65. The Labute approximate surface area is 104 Å². The fourth-order valence-corrected chi connectivity index (χ4v) is 1.79. The number of benzene rings is 1. The van der Waals surface area contributed by atoms with Crippen molar-refractivity contribution in [3.8, 4) is 0 Å². The molecule has 1 atom stereocenters. The molecule has 0 bridgehead atoms. The van der Waals surface area contributed by atoms with E-state index in [0.29, 0.717) is 11.0 Å². The van der Waals surface area contributed by atoms with E-state index < -0.39 is 0 Å². The molecule has 1 aromatic carbocycles. The molecule has 16 heavy (non-hydrogen) atoms. The number of halogens is 2. The highest BCUT2D eigenvalue weighted by molar-refractivity contribution is 9.10. The lowest BCUT2D eigenvalue weighted by molar-refractivity contribution is 0.159. The molecule has 0 saturated carbocycles. The maximum Gasteiger partial charge on any atom is 0.137 e. The molecule has 0 aliphatic carbocycles. The van der Waals surface area contributed by atoms with Gasteiger partial charge >= 0.3 is 0 Å². The minimum Gasteiger partial charge on any atom is -0.393 e. The van der Waals surface area contributed by atoms with Crippen LogP contribution in [0.15, 0.2) is 22.7 Å². The van der Waals surface area contributed by atoms with Crippen molar-refractivity contribution in [3.63, 3.8) is 0 Å². The Bertz CT molecular complexity index is 333. The lowest BCUT2D eigenvalue weighted by Crippen LogP contribution is -2.20. The highest BCUT2D eigenvalue weighted by Crippen LogP contribution is 2.19. The number of hydrogen-bond donors (Lipinski definition) is 2. The second-order valence-corrected chi connectivity index (χ2v) is 4.53. The molecule has 0 saturated heterocycles. The van der Waals surface area contributed by atoms with E-state index in [2.05, 4.69) is 21.2 Å². The predicted molar refractivity (Wildman–Crippen MR) is 66.7 cm³/mol. The van der Waals surface area contributed by atoms with Crippen molar-refractivity contribution in [1.82, 2.24) is 5.32 Å². The molecule has 1 aromatic rings. The molecule has 4 heteroatoms. The van der Waals surface area contributed by atoms with Gasteiger partial charge in [0.1, 0.15) is 5.82 Å². The second kappa shape index (κ2) is 6.99. The minimum atomic E-state index is -0.247. The summed E-state index contributed by atoms with van der Waals surface area (Å²) < 4.78 is 13.7. The first-order valence-electron chi connectivity index (χ1n) is 5.46. The number of aliphatic hydroxyl groups is 1. The molecule has 0 spiro atoms. The SMILES string of the molecule is CCC(O)CCNCc1cccc(F)c1Br. The van der Waals surface area contributed by atoms with Crippen molar-refractivity contribution in [2.75, 3.05) is 6.54 Å². The third-order valence-corrected chi connectivity index (χ3v) is 3.36. The van der Waals surface area contributed by atoms with Gasteiger partial charge in [-0.05, 0) is 46.9 Å². The molecular weight excluding hydrogens is 273 g/mol. The van der Waals surface area contributed by atoms with Crippen molar-refractivity contribution in [1.29, 1.82) is 0 Å². The summed E-state index contributed by atoms with van der Waals surface area (Å²) in [4.78, 5) is 0. The van der Waals surface area contributed by atoms with Crippen molar-refractivity contribution < 1.29 is 9.50 Å². The Morgan fingerprint density at radius 1 is 1.50 bits per heavy atom. The molecule has 0 aromatic heterocycles. The summed E-state index contributed by atoms with van der Waals surface area (Å²) in [6.45, 7) is 3.29. The Balaban J connectivity index is 2.35. The molecular formula is C12H17BrFNO. The summed E-state index contributed by atoms with van der Waals surface area (Å²) in [5.74, 6) is -0.243. The summed E-state index contributed by atoms with van der Waals surface area (Å²) >= 11 is 3.21. The molecule has 0 radical (unpaired) electrons. The molecule has 0 amide bonds. The van der Waals surface area contributed by atoms with Crippen LogP contribution in [0.2, 0.25) is 0 Å². The molecule has 2 N–H and O–H groups in total. The zero-order valence-corrected chi connectivity index (χ0v) is 10.9. The van der Waals surface area contributed by atoms with Gasteiger partial charge in [0.15, 0.2) is 0 Å². The van der Waals surface area contributed by atoms with Gasteiger partial charge in [-0.2, -0.15) is 0 Å². The molecule has 1 rings (SSSR count). The number of hydrogen-bond acceptors (Lipinski definition) is 2. The van der Waals surface area contributed by atoms with E-state index in [1.807, 2.05) is 13.0 Å². The molecule has 0 aliphatic heterocycles. The van der Waals surface area contributed by atoms with Crippen LogP contribution >= 0.6 is 15.9 Å². The largest absolute Gasteiger partial charge is 0.393 e. The van der Waals surface area contributed by atoms with Crippen molar-refractivity contribution >= 4 is 15.9 Å². The van der Waals surface area contributed by atoms with E-state index >= 15 is 0 Å². The second-order valence-electron chi connectivity index (χ2n) is 3.74. The van der Waals surface area contributed by atoms with Crippen LogP contribution in [0.3, 0.4) is 0 Å². The fourth-order valence-electron chi connectivity index (χ4n) is 1.38. The van der Waals surface area contributed by atoms with E-state index in [1.165, 1.54) is 6.07 Å². The van der Waals surface area contributed by atoms with E-state index in [9.17, 15) is 9.50 Å². The van der Waals surface area contributed by atoms with Crippen LogP contribution in [-0.2, 0) is 6.54 Å². The van der Waals surface area contributed by atoms with Crippen LogP contribution in [0.1, 0.15) is 25.3 Å². The summed E-state index contributed by atoms with van der Waals surface area (Å²) in [6.07, 6.45) is 1.25. The first-order valence-corrected chi connectivity index (χ1v) is 6.26. The Morgan fingerprint density at radius 3 is 2.94 bits per heavy atom. The summed E-state index contributed by atoms with van der Waals surface area (Å²) in [6, 6.07) is 4.99. The molecule has 0 aliphatic rings. The van der Waals surface area contributed by atoms with Crippen LogP contribution in [0.25, 0.3) is 0 Å². The molecule has 2 nitrogen and oxygen atoms in total. The quantitative estimate of drug-likeness (QED) is 0.790. The molecule has 0 heterocycles. The Kier molecular flexibility index (Phi) is 5.95. The van der Waals surface area contributed by atoms with Crippen LogP contribution in [0.4, 0.5) is 4.39 Å². The smallest absolute Gasteiger partial charge is 0.137 e. The Morgan fingerprint density at radius 2 is 2.25 bits per heavy atom. The van der Waals surface area contributed by atoms with Gasteiger partial charge in [0.25, 0.3) is 0 Å². The minimum absolute atomic E-state index is 0.243. The van der Waals surface area contributed by atoms with Gasteiger partial charge in [-0.3, -0.25) is 0 Å². The topological polar surface area (TPSA) is 32.3 Å². The van der Waals surface area contributed by atoms with Crippen molar-refractivity contribution in [3.05, 3.63) is 34.1 Å². The lowest BCUT2D eigenvalue weighted by Gasteiger charge is -2.10. The average Bonchev–Trinajstić information content (AvgIpc) is 2.29. The number of nitrogens with one attached hydrogen (secondary N) is 1.